The molecule has 158 valence electrons. The zero-order valence-electron chi connectivity index (χ0n) is 18.5. The minimum Gasteiger partial charge on any atom is -0.438 e. The lowest BCUT2D eigenvalue weighted by atomic mass is 10.1. The minimum absolute atomic E-state index is 0.161. The zero-order chi connectivity index (χ0) is 20.4. The van der Waals surface area contributed by atoms with Crippen LogP contribution in [0.3, 0.4) is 0 Å². The van der Waals surface area contributed by atoms with Gasteiger partial charge in [0.05, 0.1) is 5.56 Å². The van der Waals surface area contributed by atoms with Crippen molar-refractivity contribution in [1.82, 2.24) is 4.90 Å². The smallest absolute Gasteiger partial charge is 0.340 e. The summed E-state index contributed by atoms with van der Waals surface area (Å²) in [6, 6.07) is 6.40. The van der Waals surface area contributed by atoms with E-state index in [0.29, 0.717) is 0 Å². The number of unbranched alkanes of at least 4 members (excludes halogenated alkanes) is 4. The molecule has 0 fully saturated rings. The van der Waals surface area contributed by atoms with Gasteiger partial charge in [0.2, 0.25) is 0 Å². The van der Waals surface area contributed by atoms with E-state index in [-0.39, 0.29) is 12.2 Å². The van der Waals surface area contributed by atoms with Gasteiger partial charge in [-0.25, -0.2) is 4.79 Å². The van der Waals surface area contributed by atoms with Crippen LogP contribution >= 0.6 is 0 Å². The fourth-order valence-corrected chi connectivity index (χ4v) is 3.77. The van der Waals surface area contributed by atoms with Crippen LogP contribution in [0.2, 0.25) is 0 Å². The van der Waals surface area contributed by atoms with Crippen LogP contribution in [0.15, 0.2) is 18.2 Å². The second kappa shape index (κ2) is 12.1. The van der Waals surface area contributed by atoms with Gasteiger partial charge in [0.25, 0.3) is 0 Å². The molecule has 1 aromatic rings. The van der Waals surface area contributed by atoms with Gasteiger partial charge in [-0.2, -0.15) is 0 Å². The lowest BCUT2D eigenvalue weighted by molar-refractivity contribution is -0.0241. The van der Waals surface area contributed by atoms with Gasteiger partial charge in [-0.1, -0.05) is 59.4 Å². The Kier molecular flexibility index (Phi) is 9.83. The maximum atomic E-state index is 12.7. The normalized spacial score (nSPS) is 15.8. The Hall–Kier alpha value is -1.55. The Morgan fingerprint density at radius 1 is 0.821 bits per heavy atom. The molecule has 1 heterocycles. The molecule has 1 unspecified atom stereocenters. The molecule has 1 aliphatic rings. The molecule has 2 rings (SSSR count). The van der Waals surface area contributed by atoms with Crippen LogP contribution in [-0.2, 0) is 4.74 Å². The molecule has 0 N–H and O–H groups in total. The van der Waals surface area contributed by atoms with Gasteiger partial charge in [-0.3, -0.25) is 4.90 Å². The molecule has 1 atom stereocenters. The third kappa shape index (κ3) is 5.97. The van der Waals surface area contributed by atoms with E-state index in [1.807, 2.05) is 0 Å². The highest BCUT2D eigenvalue weighted by Crippen LogP contribution is 2.36. The van der Waals surface area contributed by atoms with E-state index in [0.717, 1.165) is 68.7 Å². The highest BCUT2D eigenvalue weighted by Gasteiger charge is 2.35. The molecular formula is C24H40N2O2. The highest BCUT2D eigenvalue weighted by molar-refractivity contribution is 5.95. The second-order valence-corrected chi connectivity index (χ2v) is 7.97. The summed E-state index contributed by atoms with van der Waals surface area (Å²) in [5.41, 5.74) is 2.97. The fraction of sp³-hybridized carbons (Fsp3) is 0.708. The average Bonchev–Trinajstić information content (AvgIpc) is 3.04. The third-order valence-corrected chi connectivity index (χ3v) is 5.60. The Bertz CT molecular complexity index is 586. The van der Waals surface area contributed by atoms with Crippen LogP contribution in [-0.4, -0.2) is 37.0 Å². The summed E-state index contributed by atoms with van der Waals surface area (Å²) in [4.78, 5) is 17.4. The van der Waals surface area contributed by atoms with Gasteiger partial charge in [0, 0.05) is 37.4 Å². The minimum atomic E-state index is -0.214. The molecule has 4 heteroatoms. The lowest BCUT2D eigenvalue weighted by Crippen LogP contribution is -2.31. The van der Waals surface area contributed by atoms with Crippen LogP contribution in [0.5, 0.6) is 0 Å². The number of fused-ring (bicyclic) bond motifs is 1. The number of hydrogen-bond acceptors (Lipinski definition) is 4. The number of carbonyl (C=O) groups is 1. The van der Waals surface area contributed by atoms with E-state index in [1.54, 1.807) is 0 Å². The van der Waals surface area contributed by atoms with Gasteiger partial charge in [-0.05, 0) is 37.8 Å². The molecule has 0 saturated carbocycles. The zero-order valence-corrected chi connectivity index (χ0v) is 18.5. The lowest BCUT2D eigenvalue weighted by Gasteiger charge is -2.28. The number of ether oxygens (including phenoxy) is 1. The highest BCUT2D eigenvalue weighted by atomic mass is 16.6. The number of carbonyl (C=O) groups excluding carboxylic acids is 1. The molecule has 0 saturated heterocycles. The Morgan fingerprint density at radius 2 is 1.36 bits per heavy atom. The number of nitrogens with zero attached hydrogens (tertiary/aromatic N) is 2. The van der Waals surface area contributed by atoms with Crippen molar-refractivity contribution in [2.75, 3.05) is 31.1 Å². The fourth-order valence-electron chi connectivity index (χ4n) is 3.77. The Balaban J connectivity index is 2.22. The largest absolute Gasteiger partial charge is 0.438 e. The number of benzene rings is 1. The first-order valence-electron chi connectivity index (χ1n) is 11.5. The van der Waals surface area contributed by atoms with E-state index in [9.17, 15) is 4.79 Å². The quantitative estimate of drug-likeness (QED) is 0.357. The molecule has 0 spiro atoms. The van der Waals surface area contributed by atoms with Gasteiger partial charge < -0.3 is 9.64 Å². The molecule has 1 aliphatic heterocycles. The van der Waals surface area contributed by atoms with E-state index < -0.39 is 0 Å². The van der Waals surface area contributed by atoms with Crippen LogP contribution in [0, 0.1) is 0 Å². The predicted octanol–water partition coefficient (Wildman–Crippen LogP) is 6.16. The topological polar surface area (TPSA) is 32.8 Å². The molecule has 4 nitrogen and oxygen atoms in total. The predicted molar refractivity (Wildman–Crippen MR) is 118 cm³/mol. The van der Waals surface area contributed by atoms with E-state index in [1.165, 1.54) is 25.7 Å². The monoisotopic (exact) mass is 388 g/mol. The van der Waals surface area contributed by atoms with Crippen LogP contribution in [0.1, 0.15) is 101 Å². The van der Waals surface area contributed by atoms with Crippen molar-refractivity contribution in [1.29, 1.82) is 0 Å². The van der Waals surface area contributed by atoms with Crippen molar-refractivity contribution < 1.29 is 9.53 Å². The summed E-state index contributed by atoms with van der Waals surface area (Å²) in [6.45, 7) is 12.9. The first-order chi connectivity index (χ1) is 13.7. The van der Waals surface area contributed by atoms with E-state index in [4.69, 9.17) is 4.74 Å². The van der Waals surface area contributed by atoms with Crippen molar-refractivity contribution in [3.63, 3.8) is 0 Å². The summed E-state index contributed by atoms with van der Waals surface area (Å²) >= 11 is 0. The summed E-state index contributed by atoms with van der Waals surface area (Å²) in [7, 11) is 0. The third-order valence-electron chi connectivity index (χ3n) is 5.60. The average molecular weight is 389 g/mol. The van der Waals surface area contributed by atoms with Gasteiger partial charge >= 0.3 is 5.97 Å². The number of hydrogen-bond donors (Lipinski definition) is 0. The molecule has 1 aromatic carbocycles. The number of cyclic esters (lactones) is 1. The van der Waals surface area contributed by atoms with Crippen molar-refractivity contribution in [3.05, 3.63) is 29.3 Å². The maximum Gasteiger partial charge on any atom is 0.340 e. The Morgan fingerprint density at radius 3 is 1.89 bits per heavy atom. The molecular weight excluding hydrogens is 348 g/mol. The molecule has 0 aliphatic carbocycles. The Labute approximate surface area is 172 Å². The summed E-state index contributed by atoms with van der Waals surface area (Å²) in [5, 5.41) is 0. The van der Waals surface area contributed by atoms with Crippen LogP contribution < -0.4 is 4.90 Å². The van der Waals surface area contributed by atoms with Crippen molar-refractivity contribution >= 4 is 11.7 Å². The second-order valence-electron chi connectivity index (χ2n) is 7.97. The van der Waals surface area contributed by atoms with Gasteiger partial charge in [0.1, 0.15) is 0 Å². The van der Waals surface area contributed by atoms with Crippen molar-refractivity contribution in [2.45, 2.75) is 85.3 Å². The van der Waals surface area contributed by atoms with E-state index >= 15 is 0 Å². The first kappa shape index (κ1) is 22.7. The van der Waals surface area contributed by atoms with Crippen molar-refractivity contribution in [2.24, 2.45) is 0 Å². The summed E-state index contributed by atoms with van der Waals surface area (Å²) in [5.74, 6) is -0.161. The summed E-state index contributed by atoms with van der Waals surface area (Å²) in [6.07, 6.45) is 9.07. The molecule has 0 bridgehead atoms. The van der Waals surface area contributed by atoms with Gasteiger partial charge in [0.15, 0.2) is 6.23 Å². The molecule has 0 aromatic heterocycles. The standard InChI is InChI=1S/C24H40N2O2/c1-5-9-15-25(16-10-6-2)20-13-14-21-22(19-20)24(27)28-23(21)26(17-11-7-3)18-12-8-4/h13-14,19,23H,5-12,15-18H2,1-4H3. The van der Waals surface area contributed by atoms with Crippen LogP contribution in [0.4, 0.5) is 5.69 Å². The molecule has 28 heavy (non-hydrogen) atoms. The number of rotatable bonds is 14. The number of esters is 1. The van der Waals surface area contributed by atoms with E-state index in [2.05, 4.69) is 55.7 Å². The first-order valence-corrected chi connectivity index (χ1v) is 11.5. The molecule has 0 radical (unpaired) electrons. The molecule has 0 amide bonds. The maximum absolute atomic E-state index is 12.7. The van der Waals surface area contributed by atoms with Crippen LogP contribution in [0.25, 0.3) is 0 Å². The van der Waals surface area contributed by atoms with Crippen molar-refractivity contribution in [3.8, 4) is 0 Å². The van der Waals surface area contributed by atoms with Gasteiger partial charge in [-0.15, -0.1) is 0 Å². The SMILES string of the molecule is CCCCN(CCCC)c1ccc2c(c1)C(=O)OC2N(CCCC)CCCC. The summed E-state index contributed by atoms with van der Waals surface area (Å²) < 4.78 is 5.85. The number of anilines is 1.